The topological polar surface area (TPSA) is 102 Å². The number of carbonyl (C=O) groups is 2. The van der Waals surface area contributed by atoms with Crippen LogP contribution in [0.25, 0.3) is 0 Å². The number of nitrogens with one attached hydrogen (secondary N) is 1. The first-order valence-corrected chi connectivity index (χ1v) is 10.3. The number of unbranched alkanes of at least 4 members (excludes halogenated alkanes) is 2. The first kappa shape index (κ1) is 24.9. The van der Waals surface area contributed by atoms with Crippen LogP contribution in [0.2, 0.25) is 0 Å². The minimum absolute atomic E-state index is 0.132. The van der Waals surface area contributed by atoms with E-state index in [9.17, 15) is 14.7 Å². The molecule has 0 aliphatic carbocycles. The molecule has 26 heavy (non-hydrogen) atoms. The molecule has 0 rings (SSSR count). The summed E-state index contributed by atoms with van der Waals surface area (Å²) in [4.78, 5) is 24.4. The van der Waals surface area contributed by atoms with Crippen molar-refractivity contribution in [1.82, 2.24) is 5.32 Å². The molecule has 0 fully saturated rings. The summed E-state index contributed by atoms with van der Waals surface area (Å²) in [5, 5.41) is 13.3. The van der Waals surface area contributed by atoms with E-state index in [1.165, 1.54) is 0 Å². The van der Waals surface area contributed by atoms with Gasteiger partial charge in [-0.1, -0.05) is 72.6 Å². The summed E-state index contributed by atoms with van der Waals surface area (Å²) in [6.45, 7) is 8.30. The molecule has 0 saturated heterocycles. The Kier molecular flexibility index (Phi) is 13.4. The molecule has 154 valence electrons. The minimum atomic E-state index is -2.01. The van der Waals surface area contributed by atoms with E-state index in [-0.39, 0.29) is 31.4 Å². The molecule has 4 N–H and O–H groups in total. The van der Waals surface area contributed by atoms with Crippen molar-refractivity contribution in [3.05, 3.63) is 0 Å². The van der Waals surface area contributed by atoms with Gasteiger partial charge in [0.05, 0.1) is 13.2 Å². The monoisotopic (exact) mass is 372 g/mol. The highest BCUT2D eigenvalue weighted by Crippen LogP contribution is 2.25. The molecule has 1 amide bonds. The Morgan fingerprint density at radius 3 is 2.04 bits per heavy atom. The van der Waals surface area contributed by atoms with Crippen LogP contribution in [0.1, 0.15) is 85.5 Å². The Balaban J connectivity index is 5.01. The standard InChI is InChI=1S/C20H40N2O4/c1-5-9-11-16(7-3)13-20(25,22-18(23)14-21)19(24)26-15-17(8-4)12-10-6-2/h16-17,25H,5-15,21H2,1-4H3,(H,22,23). The molecule has 3 unspecified atom stereocenters. The SMILES string of the molecule is CCCCC(CC)COC(=O)C(O)(CC(CC)CCCC)NC(=O)CN. The fourth-order valence-corrected chi connectivity index (χ4v) is 3.04. The van der Waals surface area contributed by atoms with Crippen molar-refractivity contribution in [2.75, 3.05) is 13.2 Å². The molecule has 0 saturated carbocycles. The van der Waals surface area contributed by atoms with Crippen LogP contribution in [0.3, 0.4) is 0 Å². The van der Waals surface area contributed by atoms with Crippen molar-refractivity contribution >= 4 is 11.9 Å². The predicted molar refractivity (Wildman–Crippen MR) is 104 cm³/mol. The Morgan fingerprint density at radius 1 is 1.04 bits per heavy atom. The van der Waals surface area contributed by atoms with E-state index in [2.05, 4.69) is 26.1 Å². The lowest BCUT2D eigenvalue weighted by Crippen LogP contribution is -2.57. The third-order valence-corrected chi connectivity index (χ3v) is 4.99. The third-order valence-electron chi connectivity index (χ3n) is 4.99. The molecule has 0 aliphatic rings. The van der Waals surface area contributed by atoms with E-state index >= 15 is 0 Å². The Hall–Kier alpha value is -1.14. The maximum absolute atomic E-state index is 12.6. The highest BCUT2D eigenvalue weighted by atomic mass is 16.6. The van der Waals surface area contributed by atoms with Gasteiger partial charge in [0.15, 0.2) is 0 Å². The molecule has 6 nitrogen and oxygen atoms in total. The van der Waals surface area contributed by atoms with E-state index in [1.54, 1.807) is 0 Å². The summed E-state index contributed by atoms with van der Waals surface area (Å²) in [6.07, 6.45) is 8.01. The van der Waals surface area contributed by atoms with Crippen LogP contribution >= 0.6 is 0 Å². The molecule has 0 radical (unpaired) electrons. The number of carbonyl (C=O) groups excluding carboxylic acids is 2. The van der Waals surface area contributed by atoms with Gasteiger partial charge in [0.25, 0.3) is 0 Å². The summed E-state index contributed by atoms with van der Waals surface area (Å²) >= 11 is 0. The first-order chi connectivity index (χ1) is 12.4. The number of rotatable bonds is 15. The highest BCUT2D eigenvalue weighted by molar-refractivity contribution is 5.87. The Bertz CT molecular complexity index is 403. The molecule has 0 aromatic heterocycles. The zero-order valence-electron chi connectivity index (χ0n) is 17.2. The maximum atomic E-state index is 12.6. The zero-order valence-corrected chi connectivity index (χ0v) is 17.2. The molecule has 0 aromatic carbocycles. The number of ether oxygens (including phenoxy) is 1. The second-order valence-electron chi connectivity index (χ2n) is 7.25. The second-order valence-corrected chi connectivity index (χ2v) is 7.25. The van der Waals surface area contributed by atoms with Gasteiger partial charge >= 0.3 is 5.97 Å². The maximum Gasteiger partial charge on any atom is 0.359 e. The number of nitrogens with two attached hydrogens (primary N) is 1. The molecule has 0 spiro atoms. The van der Waals surface area contributed by atoms with Crippen LogP contribution < -0.4 is 11.1 Å². The predicted octanol–water partition coefficient (Wildman–Crippen LogP) is 3.12. The summed E-state index contributed by atoms with van der Waals surface area (Å²) in [5.41, 5.74) is 3.34. The Morgan fingerprint density at radius 2 is 1.58 bits per heavy atom. The molecule has 6 heteroatoms. The van der Waals surface area contributed by atoms with Gasteiger partial charge in [-0.15, -0.1) is 0 Å². The minimum Gasteiger partial charge on any atom is -0.462 e. The Labute approximate surface area is 159 Å². The van der Waals surface area contributed by atoms with Gasteiger partial charge in [-0.2, -0.15) is 0 Å². The molecule has 0 aliphatic heterocycles. The quantitative estimate of drug-likeness (QED) is 0.303. The smallest absolute Gasteiger partial charge is 0.359 e. The molecular formula is C20H40N2O4. The number of amides is 1. The van der Waals surface area contributed by atoms with Gasteiger partial charge in [-0.3, -0.25) is 4.79 Å². The van der Waals surface area contributed by atoms with Crippen LogP contribution in [0.15, 0.2) is 0 Å². The van der Waals surface area contributed by atoms with Gasteiger partial charge in [-0.05, 0) is 18.3 Å². The summed E-state index contributed by atoms with van der Waals surface area (Å²) in [7, 11) is 0. The lowest BCUT2D eigenvalue weighted by molar-refractivity contribution is -0.175. The van der Waals surface area contributed by atoms with Crippen molar-refractivity contribution in [3.8, 4) is 0 Å². The van der Waals surface area contributed by atoms with E-state index in [4.69, 9.17) is 10.5 Å². The van der Waals surface area contributed by atoms with Crippen molar-refractivity contribution in [3.63, 3.8) is 0 Å². The third kappa shape index (κ3) is 9.53. The molecule has 0 heterocycles. The number of hydrogen-bond donors (Lipinski definition) is 3. The first-order valence-electron chi connectivity index (χ1n) is 10.3. The van der Waals surface area contributed by atoms with E-state index < -0.39 is 17.6 Å². The van der Waals surface area contributed by atoms with Gasteiger partial charge in [0.2, 0.25) is 11.6 Å². The average Bonchev–Trinajstić information content (AvgIpc) is 2.64. The number of aliphatic hydroxyl groups is 1. The van der Waals surface area contributed by atoms with Crippen LogP contribution in [0, 0.1) is 11.8 Å². The van der Waals surface area contributed by atoms with Gasteiger partial charge in [0.1, 0.15) is 0 Å². The fourth-order valence-electron chi connectivity index (χ4n) is 3.04. The molecule has 0 aromatic rings. The van der Waals surface area contributed by atoms with Crippen LogP contribution in [0.5, 0.6) is 0 Å². The highest BCUT2D eigenvalue weighted by Gasteiger charge is 2.41. The van der Waals surface area contributed by atoms with Crippen LogP contribution in [-0.4, -0.2) is 35.9 Å². The van der Waals surface area contributed by atoms with Crippen molar-refractivity contribution in [2.24, 2.45) is 17.6 Å². The normalized spacial score (nSPS) is 15.8. The van der Waals surface area contributed by atoms with Crippen molar-refractivity contribution < 1.29 is 19.4 Å². The van der Waals surface area contributed by atoms with Gasteiger partial charge in [0, 0.05) is 6.42 Å². The average molecular weight is 373 g/mol. The van der Waals surface area contributed by atoms with Crippen molar-refractivity contribution in [1.29, 1.82) is 0 Å². The van der Waals surface area contributed by atoms with Crippen LogP contribution in [0.4, 0.5) is 0 Å². The summed E-state index contributed by atoms with van der Waals surface area (Å²) in [6, 6.07) is 0. The zero-order chi connectivity index (χ0) is 20.0. The van der Waals surface area contributed by atoms with E-state index in [1.807, 2.05) is 6.92 Å². The fraction of sp³-hybridized carbons (Fsp3) is 0.900. The number of hydrogen-bond acceptors (Lipinski definition) is 5. The largest absolute Gasteiger partial charge is 0.462 e. The molecular weight excluding hydrogens is 332 g/mol. The second kappa shape index (κ2) is 14.0. The molecule has 3 atom stereocenters. The lowest BCUT2D eigenvalue weighted by Gasteiger charge is -2.31. The number of esters is 1. The van der Waals surface area contributed by atoms with E-state index in [0.717, 1.165) is 51.4 Å². The summed E-state index contributed by atoms with van der Waals surface area (Å²) in [5.74, 6) is -0.930. The van der Waals surface area contributed by atoms with Crippen LogP contribution in [-0.2, 0) is 14.3 Å². The van der Waals surface area contributed by atoms with Gasteiger partial charge < -0.3 is 20.9 Å². The van der Waals surface area contributed by atoms with Crippen molar-refractivity contribution in [2.45, 2.75) is 91.2 Å². The lowest BCUT2D eigenvalue weighted by atomic mass is 9.90. The van der Waals surface area contributed by atoms with Gasteiger partial charge in [-0.25, -0.2) is 4.79 Å². The molecule has 0 bridgehead atoms. The van der Waals surface area contributed by atoms with E-state index in [0.29, 0.717) is 0 Å². The summed E-state index contributed by atoms with van der Waals surface area (Å²) < 4.78 is 5.41.